The number of benzene rings is 3. The van der Waals surface area contributed by atoms with Crippen molar-refractivity contribution in [2.24, 2.45) is 10.1 Å². The molecule has 0 radical (unpaired) electrons. The first-order valence-corrected chi connectivity index (χ1v) is 11.8. The average molecular weight is 485 g/mol. The van der Waals surface area contributed by atoms with E-state index < -0.39 is 0 Å². The quantitative estimate of drug-likeness (QED) is 0.426. The van der Waals surface area contributed by atoms with Crippen molar-refractivity contribution in [2.75, 3.05) is 18.7 Å². The Balaban J connectivity index is 1.46. The number of carbonyl (C=O) groups is 1. The molecule has 0 unspecified atom stereocenters. The van der Waals surface area contributed by atoms with Crippen LogP contribution in [0.25, 0.3) is 11.3 Å². The molecule has 0 fully saturated rings. The molecule has 6 rings (SSSR count). The number of carbonyl (C=O) groups excluding carboxylic acids is 1. The third kappa shape index (κ3) is 4.17. The summed E-state index contributed by atoms with van der Waals surface area (Å²) in [6, 6.07) is 19.3. The molecule has 9 heteroatoms. The van der Waals surface area contributed by atoms with Crippen molar-refractivity contribution in [1.29, 1.82) is 0 Å². The van der Waals surface area contributed by atoms with Gasteiger partial charge in [0, 0.05) is 10.9 Å². The summed E-state index contributed by atoms with van der Waals surface area (Å²) in [5.74, 6) is 1.88. The number of fused-ring (bicyclic) bond motifs is 2. The summed E-state index contributed by atoms with van der Waals surface area (Å²) in [7, 11) is 0. The first kappa shape index (κ1) is 21.2. The first-order valence-electron chi connectivity index (χ1n) is 11.0. The Morgan fingerprint density at radius 1 is 1.00 bits per heavy atom. The minimum Gasteiger partial charge on any atom is -0.482 e. The smallest absolute Gasteiger partial charge is 0.262 e. The van der Waals surface area contributed by atoms with Gasteiger partial charge >= 0.3 is 0 Å². The van der Waals surface area contributed by atoms with Crippen LogP contribution in [0, 0.1) is 6.92 Å². The molecule has 0 spiro atoms. The van der Waals surface area contributed by atoms with Crippen molar-refractivity contribution in [2.45, 2.75) is 6.92 Å². The van der Waals surface area contributed by atoms with E-state index in [2.05, 4.69) is 5.32 Å². The van der Waals surface area contributed by atoms with Crippen molar-refractivity contribution in [1.82, 2.24) is 4.68 Å². The van der Waals surface area contributed by atoms with E-state index in [1.165, 1.54) is 11.3 Å². The van der Waals surface area contributed by atoms with Crippen molar-refractivity contribution in [3.8, 4) is 28.5 Å². The van der Waals surface area contributed by atoms with Gasteiger partial charge in [0.05, 0.1) is 23.3 Å². The highest BCUT2D eigenvalue weighted by atomic mass is 32.1. The number of aryl methyl sites for hydroxylation is 1. The van der Waals surface area contributed by atoms with Gasteiger partial charge in [-0.3, -0.25) is 4.79 Å². The molecule has 0 saturated carbocycles. The molecule has 2 aliphatic rings. The zero-order valence-electron chi connectivity index (χ0n) is 18.7. The van der Waals surface area contributed by atoms with Gasteiger partial charge in [0.15, 0.2) is 18.1 Å². The monoisotopic (exact) mass is 484 g/mol. The Hall–Kier alpha value is -4.37. The van der Waals surface area contributed by atoms with Crippen molar-refractivity contribution < 1.29 is 19.0 Å². The van der Waals surface area contributed by atoms with Gasteiger partial charge in [0.25, 0.3) is 5.91 Å². The predicted molar refractivity (Wildman–Crippen MR) is 134 cm³/mol. The molecule has 174 valence electrons. The van der Waals surface area contributed by atoms with Crippen LogP contribution in [0.1, 0.15) is 11.1 Å². The number of para-hydroxylation sites is 1. The number of hydrogen-bond donors (Lipinski definition) is 1. The van der Waals surface area contributed by atoms with Gasteiger partial charge in [-0.25, -0.2) is 9.67 Å². The molecule has 0 aliphatic carbocycles. The van der Waals surface area contributed by atoms with Crippen molar-refractivity contribution in [3.05, 3.63) is 82.0 Å². The molecule has 2 aliphatic heterocycles. The van der Waals surface area contributed by atoms with Crippen molar-refractivity contribution in [3.63, 3.8) is 0 Å². The fourth-order valence-electron chi connectivity index (χ4n) is 3.84. The molecular formula is C26H20N4O4S. The topological polar surface area (TPSA) is 86.4 Å². The number of aromatic nitrogens is 1. The Morgan fingerprint density at radius 2 is 1.86 bits per heavy atom. The Bertz CT molecular complexity index is 1550. The fraction of sp³-hybridized carbons (Fsp3) is 0.115. The lowest BCUT2D eigenvalue weighted by Crippen LogP contribution is -2.25. The molecule has 0 bridgehead atoms. The summed E-state index contributed by atoms with van der Waals surface area (Å²) in [4.78, 5) is 17.4. The normalized spacial score (nSPS) is 14.7. The third-order valence-electron chi connectivity index (χ3n) is 5.64. The molecule has 0 atom stereocenters. The maximum absolute atomic E-state index is 11.8. The van der Waals surface area contributed by atoms with Crippen LogP contribution in [-0.2, 0) is 4.79 Å². The highest BCUT2D eigenvalue weighted by molar-refractivity contribution is 7.07. The molecule has 4 aromatic rings. The van der Waals surface area contributed by atoms with Gasteiger partial charge in [-0.2, -0.15) is 5.10 Å². The maximum atomic E-state index is 11.8. The van der Waals surface area contributed by atoms with E-state index in [0.717, 1.165) is 33.8 Å². The predicted octanol–water partition coefficient (Wildman–Crippen LogP) is 4.70. The molecule has 3 aromatic carbocycles. The van der Waals surface area contributed by atoms with E-state index in [0.29, 0.717) is 22.0 Å². The van der Waals surface area contributed by atoms with Gasteiger partial charge in [-0.1, -0.05) is 18.2 Å². The van der Waals surface area contributed by atoms with E-state index >= 15 is 0 Å². The minimum atomic E-state index is -0.177. The van der Waals surface area contributed by atoms with Crippen LogP contribution < -0.4 is 24.3 Å². The standard InChI is InChI=1S/C26H20N4O4S/c1-16-4-2-3-5-19(16)29-26-30(27-12-17-6-8-23-24(10-17)34-15-33-23)21(14-35-26)18-7-9-22-20(11-18)28-25(31)13-32-22/h2-12,14H,13,15H2,1H3,(H,28,31). The highest BCUT2D eigenvalue weighted by Gasteiger charge is 2.18. The van der Waals surface area contributed by atoms with E-state index in [1.807, 2.05) is 73.0 Å². The Labute approximate surface area is 204 Å². The van der Waals surface area contributed by atoms with Crippen molar-refractivity contribution >= 4 is 34.8 Å². The molecule has 1 N–H and O–H groups in total. The van der Waals surface area contributed by atoms with Crippen LogP contribution in [0.2, 0.25) is 0 Å². The second-order valence-electron chi connectivity index (χ2n) is 8.02. The average Bonchev–Trinajstić information content (AvgIpc) is 3.50. The van der Waals surface area contributed by atoms with Crippen LogP contribution in [0.3, 0.4) is 0 Å². The summed E-state index contributed by atoms with van der Waals surface area (Å²) in [6.07, 6.45) is 1.76. The van der Waals surface area contributed by atoms with E-state index in [9.17, 15) is 4.79 Å². The zero-order valence-corrected chi connectivity index (χ0v) is 19.5. The summed E-state index contributed by atoms with van der Waals surface area (Å²) in [6.45, 7) is 2.27. The lowest BCUT2D eigenvalue weighted by molar-refractivity contribution is -0.118. The van der Waals surface area contributed by atoms with Gasteiger partial charge in [0.2, 0.25) is 11.6 Å². The van der Waals surface area contributed by atoms with Gasteiger partial charge in [-0.15, -0.1) is 11.3 Å². The lowest BCUT2D eigenvalue weighted by atomic mass is 10.1. The molecule has 8 nitrogen and oxygen atoms in total. The van der Waals surface area contributed by atoms with Crippen LogP contribution in [0.4, 0.5) is 11.4 Å². The zero-order chi connectivity index (χ0) is 23.8. The highest BCUT2D eigenvalue weighted by Crippen LogP contribution is 2.34. The van der Waals surface area contributed by atoms with E-state index in [1.54, 1.807) is 10.9 Å². The second-order valence-corrected chi connectivity index (χ2v) is 8.86. The lowest BCUT2D eigenvalue weighted by Gasteiger charge is -2.18. The van der Waals surface area contributed by atoms with Crippen LogP contribution >= 0.6 is 11.3 Å². The first-order chi connectivity index (χ1) is 17.1. The van der Waals surface area contributed by atoms with Gasteiger partial charge in [0.1, 0.15) is 5.75 Å². The number of hydrogen-bond acceptors (Lipinski definition) is 7. The third-order valence-corrected chi connectivity index (χ3v) is 6.46. The van der Waals surface area contributed by atoms with Crippen LogP contribution in [-0.4, -0.2) is 30.2 Å². The molecule has 3 heterocycles. The molecular weight excluding hydrogens is 464 g/mol. The number of nitrogens with one attached hydrogen (secondary N) is 1. The number of ether oxygens (including phenoxy) is 3. The molecule has 1 aromatic heterocycles. The summed E-state index contributed by atoms with van der Waals surface area (Å²) >= 11 is 1.49. The van der Waals surface area contributed by atoms with E-state index in [4.69, 9.17) is 24.3 Å². The SMILES string of the molecule is Cc1ccccc1N=c1scc(-c2ccc3c(c2)NC(=O)CO3)n1N=Cc1ccc2c(c1)OCO2. The van der Waals surface area contributed by atoms with E-state index in [-0.39, 0.29) is 19.3 Å². The number of amides is 1. The number of rotatable bonds is 4. The summed E-state index contributed by atoms with van der Waals surface area (Å²) in [5.41, 5.74) is 5.16. The fourth-order valence-corrected chi connectivity index (χ4v) is 4.69. The Morgan fingerprint density at radius 3 is 2.77 bits per heavy atom. The summed E-state index contributed by atoms with van der Waals surface area (Å²) in [5, 5.41) is 9.65. The largest absolute Gasteiger partial charge is 0.482 e. The molecule has 35 heavy (non-hydrogen) atoms. The molecule has 1 amide bonds. The minimum absolute atomic E-state index is 0.0179. The Kier molecular flexibility index (Phi) is 5.31. The maximum Gasteiger partial charge on any atom is 0.262 e. The summed E-state index contributed by atoms with van der Waals surface area (Å²) < 4.78 is 18.2. The number of nitrogens with zero attached hydrogens (tertiary/aromatic N) is 3. The number of anilines is 1. The number of thiazole rings is 1. The van der Waals surface area contributed by atoms with Crippen LogP contribution in [0.15, 0.2) is 76.1 Å². The molecule has 0 saturated heterocycles. The van der Waals surface area contributed by atoms with Gasteiger partial charge in [-0.05, 0) is 60.5 Å². The van der Waals surface area contributed by atoms with Crippen LogP contribution in [0.5, 0.6) is 17.2 Å². The second kappa shape index (κ2) is 8.77. The van der Waals surface area contributed by atoms with Gasteiger partial charge < -0.3 is 19.5 Å².